The van der Waals surface area contributed by atoms with Gasteiger partial charge >= 0.3 is 0 Å². The average molecular weight is 365 g/mol. The molecule has 2 aliphatic rings. The summed E-state index contributed by atoms with van der Waals surface area (Å²) in [5, 5.41) is 10.6. The first-order valence-corrected chi connectivity index (χ1v) is 9.96. The van der Waals surface area contributed by atoms with Crippen molar-refractivity contribution < 1.29 is 9.90 Å². The lowest BCUT2D eigenvalue weighted by molar-refractivity contribution is 0.0466. The zero-order valence-electron chi connectivity index (χ0n) is 15.8. The maximum absolute atomic E-state index is 12.9. The summed E-state index contributed by atoms with van der Waals surface area (Å²) in [4.78, 5) is 23.7. The number of rotatable bonds is 5. The van der Waals surface area contributed by atoms with Crippen LogP contribution >= 0.6 is 0 Å². The lowest BCUT2D eigenvalue weighted by Crippen LogP contribution is -2.42. The van der Waals surface area contributed by atoms with Crippen molar-refractivity contribution in [3.8, 4) is 0 Å². The smallest absolute Gasteiger partial charge is 0.257 e. The lowest BCUT2D eigenvalue weighted by Gasteiger charge is -2.34. The highest BCUT2D eigenvalue weighted by Gasteiger charge is 2.30. The van der Waals surface area contributed by atoms with E-state index in [1.54, 1.807) is 6.20 Å². The second-order valence-corrected chi connectivity index (χ2v) is 7.89. The highest BCUT2D eigenvalue weighted by Crippen LogP contribution is 2.38. The predicted octanol–water partition coefficient (Wildman–Crippen LogP) is 3.12. The van der Waals surface area contributed by atoms with E-state index in [1.807, 2.05) is 30.0 Å². The second-order valence-electron chi connectivity index (χ2n) is 7.89. The van der Waals surface area contributed by atoms with Crippen LogP contribution < -0.4 is 0 Å². The van der Waals surface area contributed by atoms with Crippen molar-refractivity contribution in [1.29, 1.82) is 0 Å². The maximum atomic E-state index is 12.9. The van der Waals surface area contributed by atoms with Gasteiger partial charge in [0.25, 0.3) is 5.91 Å². The van der Waals surface area contributed by atoms with Crippen molar-refractivity contribution in [2.24, 2.45) is 5.92 Å². The molecule has 2 aromatic rings. The third kappa shape index (κ3) is 4.19. The van der Waals surface area contributed by atoms with E-state index in [4.69, 9.17) is 0 Å². The van der Waals surface area contributed by atoms with Gasteiger partial charge in [0, 0.05) is 25.2 Å². The van der Waals surface area contributed by atoms with Gasteiger partial charge in [-0.1, -0.05) is 30.3 Å². The molecule has 1 amide bonds. The number of carbonyl (C=O) groups excluding carboxylic acids is 1. The Balaban J connectivity index is 1.34. The summed E-state index contributed by atoms with van der Waals surface area (Å²) in [5.74, 6) is 1.64. The number of likely N-dealkylation sites (tertiary alicyclic amines) is 1. The Morgan fingerprint density at radius 3 is 2.52 bits per heavy atom. The molecule has 0 spiro atoms. The minimum Gasteiger partial charge on any atom is -0.392 e. The van der Waals surface area contributed by atoms with Gasteiger partial charge in [0.15, 0.2) is 0 Å². The summed E-state index contributed by atoms with van der Waals surface area (Å²) >= 11 is 0. The summed E-state index contributed by atoms with van der Waals surface area (Å²) in [6, 6.07) is 10.1. The molecule has 27 heavy (non-hydrogen) atoms. The van der Waals surface area contributed by atoms with Crippen molar-refractivity contribution in [1.82, 2.24) is 14.9 Å². The monoisotopic (exact) mass is 365 g/mol. The van der Waals surface area contributed by atoms with Gasteiger partial charge in [-0.3, -0.25) is 4.79 Å². The molecule has 4 rings (SSSR count). The number of aromatic nitrogens is 2. The number of amides is 1. The highest BCUT2D eigenvalue weighted by molar-refractivity contribution is 5.95. The fourth-order valence-electron chi connectivity index (χ4n) is 3.91. The standard InChI is InChI=1S/C22H27N3O2/c1-15-19(14-23-21(24-15)18-7-8-18)22(27)25-11-9-17(10-12-25)20(26)13-16-5-3-2-4-6-16/h2-6,14,17-18,20,26H,7-13H2,1H3. The van der Waals surface area contributed by atoms with Crippen LogP contribution in [0.15, 0.2) is 36.5 Å². The van der Waals surface area contributed by atoms with Gasteiger partial charge in [-0.2, -0.15) is 0 Å². The zero-order chi connectivity index (χ0) is 18.8. The van der Waals surface area contributed by atoms with Gasteiger partial charge in [-0.05, 0) is 50.5 Å². The number of hydrogen-bond donors (Lipinski definition) is 1. The average Bonchev–Trinajstić information content (AvgIpc) is 3.54. The molecule has 2 heterocycles. The van der Waals surface area contributed by atoms with Gasteiger partial charge in [0.1, 0.15) is 5.82 Å². The first-order valence-electron chi connectivity index (χ1n) is 9.96. The number of carbonyl (C=O) groups is 1. The van der Waals surface area contributed by atoms with Gasteiger partial charge < -0.3 is 10.0 Å². The first-order chi connectivity index (χ1) is 13.1. The summed E-state index contributed by atoms with van der Waals surface area (Å²) in [7, 11) is 0. The summed E-state index contributed by atoms with van der Waals surface area (Å²) < 4.78 is 0. The fraction of sp³-hybridized carbons (Fsp3) is 0.500. The molecule has 5 nitrogen and oxygen atoms in total. The zero-order valence-corrected chi connectivity index (χ0v) is 15.8. The first kappa shape index (κ1) is 18.1. The van der Waals surface area contributed by atoms with E-state index in [0.29, 0.717) is 31.0 Å². The molecule has 1 unspecified atom stereocenters. The Morgan fingerprint density at radius 1 is 1.19 bits per heavy atom. The third-order valence-electron chi connectivity index (χ3n) is 5.83. The normalized spacial score (nSPS) is 19.1. The molecular weight excluding hydrogens is 338 g/mol. The fourth-order valence-corrected chi connectivity index (χ4v) is 3.91. The van der Waals surface area contributed by atoms with Crippen LogP contribution in [0.5, 0.6) is 0 Å². The molecule has 1 aliphatic carbocycles. The van der Waals surface area contributed by atoms with E-state index in [2.05, 4.69) is 22.1 Å². The lowest BCUT2D eigenvalue weighted by atomic mass is 9.87. The van der Waals surface area contributed by atoms with Gasteiger partial charge in [-0.15, -0.1) is 0 Å². The van der Waals surface area contributed by atoms with E-state index < -0.39 is 0 Å². The van der Waals surface area contributed by atoms with Crippen molar-refractivity contribution in [2.75, 3.05) is 13.1 Å². The Labute approximate surface area is 160 Å². The van der Waals surface area contributed by atoms with Gasteiger partial charge in [0.05, 0.1) is 17.4 Å². The number of aliphatic hydroxyl groups is 1. The Hall–Kier alpha value is -2.27. The van der Waals surface area contributed by atoms with Crippen molar-refractivity contribution in [2.45, 2.75) is 51.0 Å². The van der Waals surface area contributed by atoms with Crippen LogP contribution in [0, 0.1) is 12.8 Å². The minimum atomic E-state index is -0.354. The molecule has 1 aromatic carbocycles. The van der Waals surface area contributed by atoms with Crippen molar-refractivity contribution >= 4 is 5.91 Å². The number of piperidine rings is 1. The second kappa shape index (κ2) is 7.77. The maximum Gasteiger partial charge on any atom is 0.257 e. The molecule has 1 atom stereocenters. The molecule has 5 heteroatoms. The molecule has 1 saturated carbocycles. The van der Waals surface area contributed by atoms with Crippen LogP contribution in [0.1, 0.15) is 59.0 Å². The predicted molar refractivity (Wildman–Crippen MR) is 104 cm³/mol. The van der Waals surface area contributed by atoms with Crippen LogP contribution in [0.2, 0.25) is 0 Å². The van der Waals surface area contributed by atoms with Crippen LogP contribution in [0.3, 0.4) is 0 Å². The number of nitrogens with zero attached hydrogens (tertiary/aromatic N) is 3. The van der Waals surface area contributed by atoms with Crippen LogP contribution in [-0.4, -0.2) is 45.1 Å². The molecule has 142 valence electrons. The summed E-state index contributed by atoms with van der Waals surface area (Å²) in [6.07, 6.45) is 6.01. The van der Waals surface area contributed by atoms with Crippen LogP contribution in [0.4, 0.5) is 0 Å². The molecule has 2 fully saturated rings. The van der Waals surface area contributed by atoms with E-state index in [-0.39, 0.29) is 17.9 Å². The van der Waals surface area contributed by atoms with E-state index >= 15 is 0 Å². The van der Waals surface area contributed by atoms with E-state index in [9.17, 15) is 9.90 Å². The quantitative estimate of drug-likeness (QED) is 0.884. The van der Waals surface area contributed by atoms with Gasteiger partial charge in [-0.25, -0.2) is 9.97 Å². The van der Waals surface area contributed by atoms with Crippen molar-refractivity contribution in [3.63, 3.8) is 0 Å². The Morgan fingerprint density at radius 2 is 1.89 bits per heavy atom. The third-order valence-corrected chi connectivity index (χ3v) is 5.83. The molecule has 0 bridgehead atoms. The topological polar surface area (TPSA) is 66.3 Å². The van der Waals surface area contributed by atoms with Crippen LogP contribution in [0.25, 0.3) is 0 Å². The number of aliphatic hydroxyl groups excluding tert-OH is 1. The summed E-state index contributed by atoms with van der Waals surface area (Å²) in [5.41, 5.74) is 2.55. The SMILES string of the molecule is Cc1nc(C2CC2)ncc1C(=O)N1CCC(C(O)Cc2ccccc2)CC1. The molecular formula is C22H27N3O2. The minimum absolute atomic E-state index is 0.0193. The molecule has 1 aromatic heterocycles. The van der Waals surface area contributed by atoms with Gasteiger partial charge in [0.2, 0.25) is 0 Å². The number of aryl methyl sites for hydroxylation is 1. The summed E-state index contributed by atoms with van der Waals surface area (Å²) in [6.45, 7) is 3.26. The largest absolute Gasteiger partial charge is 0.392 e. The van der Waals surface area contributed by atoms with Crippen molar-refractivity contribution in [3.05, 3.63) is 59.2 Å². The Kier molecular flexibility index (Phi) is 5.21. The molecule has 0 radical (unpaired) electrons. The van der Waals surface area contributed by atoms with E-state index in [1.165, 1.54) is 0 Å². The van der Waals surface area contributed by atoms with E-state index in [0.717, 1.165) is 42.8 Å². The molecule has 1 aliphatic heterocycles. The van der Waals surface area contributed by atoms with Crippen LogP contribution in [-0.2, 0) is 6.42 Å². The number of benzene rings is 1. The Bertz CT molecular complexity index is 796. The number of hydrogen-bond acceptors (Lipinski definition) is 4. The molecule has 1 N–H and O–H groups in total. The molecule has 1 saturated heterocycles. The highest BCUT2D eigenvalue weighted by atomic mass is 16.3.